The van der Waals surface area contributed by atoms with E-state index >= 15 is 0 Å². The summed E-state index contributed by atoms with van der Waals surface area (Å²) in [7, 11) is 0. The second kappa shape index (κ2) is 8.25. The molecule has 0 saturated carbocycles. The van der Waals surface area contributed by atoms with Gasteiger partial charge >= 0.3 is 0 Å². The molecule has 0 heterocycles. The number of nitrogens with two attached hydrogens (primary N) is 4. The van der Waals surface area contributed by atoms with Gasteiger partial charge in [0.15, 0.2) is 0 Å². The smallest absolute Gasteiger partial charge is 0.219 e. The SMILES string of the molecule is NOC(COCC(ON)ON)ON. The minimum atomic E-state index is -0.865. The maximum absolute atomic E-state index is 4.90. The molecule has 0 aromatic rings. The van der Waals surface area contributed by atoms with Crippen LogP contribution in [0.5, 0.6) is 0 Å². The predicted octanol–water partition coefficient (Wildman–Crippen LogP) is -2.78. The average molecular weight is 198 g/mol. The summed E-state index contributed by atoms with van der Waals surface area (Å²) in [5, 5.41) is 0. The third kappa shape index (κ3) is 5.81. The van der Waals surface area contributed by atoms with Gasteiger partial charge in [-0.2, -0.15) is 0 Å². The molecule has 0 aliphatic carbocycles. The van der Waals surface area contributed by atoms with Crippen LogP contribution in [0.1, 0.15) is 0 Å². The van der Waals surface area contributed by atoms with E-state index in [1.807, 2.05) is 0 Å². The van der Waals surface area contributed by atoms with Crippen molar-refractivity contribution in [2.75, 3.05) is 13.2 Å². The number of ether oxygens (including phenoxy) is 1. The fraction of sp³-hybridized carbons (Fsp3) is 1.00. The summed E-state index contributed by atoms with van der Waals surface area (Å²) in [6.07, 6.45) is -1.73. The second-order valence-electron chi connectivity index (χ2n) is 1.94. The maximum atomic E-state index is 4.90. The van der Waals surface area contributed by atoms with Crippen molar-refractivity contribution in [2.45, 2.75) is 12.6 Å². The molecule has 9 heteroatoms. The molecule has 0 aliphatic heterocycles. The molecule has 0 spiro atoms. The Morgan fingerprint density at radius 2 is 1.00 bits per heavy atom. The fourth-order valence-electron chi connectivity index (χ4n) is 0.482. The Bertz CT molecular complexity index is 96.7. The average Bonchev–Trinajstić information content (AvgIpc) is 2.19. The molecule has 0 aromatic heterocycles. The summed E-state index contributed by atoms with van der Waals surface area (Å²) in [4.78, 5) is 16.9. The van der Waals surface area contributed by atoms with E-state index in [1.54, 1.807) is 0 Å². The zero-order valence-corrected chi connectivity index (χ0v) is 6.92. The molecule has 0 radical (unpaired) electrons. The molecule has 0 rings (SSSR count). The topological polar surface area (TPSA) is 150 Å². The molecule has 0 bridgehead atoms. The Balaban J connectivity index is 3.41. The van der Waals surface area contributed by atoms with E-state index < -0.39 is 12.6 Å². The predicted molar refractivity (Wildman–Crippen MR) is 39.5 cm³/mol. The summed E-state index contributed by atoms with van der Waals surface area (Å²) in [6, 6.07) is 0. The minimum Gasteiger partial charge on any atom is -0.371 e. The Hall–Kier alpha value is -0.360. The fourth-order valence-corrected chi connectivity index (χ4v) is 0.482. The molecule has 0 unspecified atom stereocenters. The molecule has 9 nitrogen and oxygen atoms in total. The highest BCUT2D eigenvalue weighted by Gasteiger charge is 2.10. The van der Waals surface area contributed by atoms with Crippen LogP contribution in [0.3, 0.4) is 0 Å². The summed E-state index contributed by atoms with van der Waals surface area (Å²) < 4.78 is 4.90. The van der Waals surface area contributed by atoms with Crippen molar-refractivity contribution in [3.63, 3.8) is 0 Å². The quantitative estimate of drug-likeness (QED) is 0.239. The van der Waals surface area contributed by atoms with E-state index in [1.165, 1.54) is 0 Å². The van der Waals surface area contributed by atoms with Gasteiger partial charge in [-0.1, -0.05) is 0 Å². The van der Waals surface area contributed by atoms with Crippen molar-refractivity contribution in [3.8, 4) is 0 Å². The van der Waals surface area contributed by atoms with Crippen molar-refractivity contribution in [1.82, 2.24) is 0 Å². The van der Waals surface area contributed by atoms with Crippen LogP contribution in [0.15, 0.2) is 0 Å². The molecule has 0 aromatic carbocycles. The Morgan fingerprint density at radius 1 is 0.692 bits per heavy atom. The van der Waals surface area contributed by atoms with Crippen molar-refractivity contribution in [3.05, 3.63) is 0 Å². The van der Waals surface area contributed by atoms with Crippen molar-refractivity contribution < 1.29 is 24.1 Å². The molecular formula is C4H14N4O5. The van der Waals surface area contributed by atoms with Crippen LogP contribution in [0.2, 0.25) is 0 Å². The van der Waals surface area contributed by atoms with Gasteiger partial charge in [0.05, 0.1) is 0 Å². The number of hydrogen-bond acceptors (Lipinski definition) is 9. The number of rotatable bonds is 8. The molecule has 8 N–H and O–H groups in total. The monoisotopic (exact) mass is 198 g/mol. The molecule has 0 amide bonds. The number of hydrogen-bond donors (Lipinski definition) is 4. The molecular weight excluding hydrogens is 184 g/mol. The normalized spacial score (nSPS) is 11.5. The van der Waals surface area contributed by atoms with Gasteiger partial charge in [0.2, 0.25) is 12.6 Å². The Labute approximate surface area is 74.6 Å². The van der Waals surface area contributed by atoms with Crippen LogP contribution in [-0.2, 0) is 24.1 Å². The van der Waals surface area contributed by atoms with Crippen molar-refractivity contribution in [2.24, 2.45) is 23.6 Å². The first-order valence-corrected chi connectivity index (χ1v) is 3.28. The van der Waals surface area contributed by atoms with Crippen LogP contribution in [-0.4, -0.2) is 25.8 Å². The molecule has 80 valence electrons. The summed E-state index contributed by atoms with van der Waals surface area (Å²) in [5.41, 5.74) is 0. The van der Waals surface area contributed by atoms with Crippen molar-refractivity contribution in [1.29, 1.82) is 0 Å². The van der Waals surface area contributed by atoms with Gasteiger partial charge in [-0.15, -0.1) is 0 Å². The van der Waals surface area contributed by atoms with Gasteiger partial charge in [-0.3, -0.25) is 19.4 Å². The van der Waals surface area contributed by atoms with Gasteiger partial charge in [-0.05, 0) is 0 Å². The lowest BCUT2D eigenvalue weighted by molar-refractivity contribution is -0.211. The lowest BCUT2D eigenvalue weighted by Gasteiger charge is -2.14. The van der Waals surface area contributed by atoms with E-state index in [2.05, 4.69) is 19.4 Å². The first-order chi connectivity index (χ1) is 6.28. The van der Waals surface area contributed by atoms with Gasteiger partial charge in [0, 0.05) is 0 Å². The first-order valence-electron chi connectivity index (χ1n) is 3.28. The lowest BCUT2D eigenvalue weighted by Crippen LogP contribution is -2.33. The van der Waals surface area contributed by atoms with E-state index in [0.717, 1.165) is 0 Å². The van der Waals surface area contributed by atoms with Crippen LogP contribution >= 0.6 is 0 Å². The third-order valence-electron chi connectivity index (χ3n) is 1.11. The van der Waals surface area contributed by atoms with Gasteiger partial charge < -0.3 is 4.74 Å². The standard InChI is InChI=1S/C4H14N4O5/c5-10-3(11-6)1-9-2-4(12-7)13-8/h3-4H,1-2,5-8H2. The second-order valence-corrected chi connectivity index (χ2v) is 1.94. The van der Waals surface area contributed by atoms with Crippen LogP contribution < -0.4 is 23.6 Å². The van der Waals surface area contributed by atoms with E-state index in [9.17, 15) is 0 Å². The zero-order chi connectivity index (χ0) is 10.1. The Morgan fingerprint density at radius 3 is 1.23 bits per heavy atom. The summed E-state index contributed by atoms with van der Waals surface area (Å²) in [5.74, 6) is 19.1. The van der Waals surface area contributed by atoms with Crippen LogP contribution in [0.4, 0.5) is 0 Å². The summed E-state index contributed by atoms with van der Waals surface area (Å²) in [6.45, 7) is -0.00750. The van der Waals surface area contributed by atoms with E-state index in [-0.39, 0.29) is 13.2 Å². The van der Waals surface area contributed by atoms with Gasteiger partial charge in [-0.25, -0.2) is 23.6 Å². The lowest BCUT2D eigenvalue weighted by atomic mass is 10.6. The van der Waals surface area contributed by atoms with E-state index in [0.29, 0.717) is 0 Å². The highest BCUT2D eigenvalue weighted by atomic mass is 16.8. The third-order valence-corrected chi connectivity index (χ3v) is 1.11. The minimum absolute atomic E-state index is 0.00375. The van der Waals surface area contributed by atoms with E-state index in [4.69, 9.17) is 28.3 Å². The van der Waals surface area contributed by atoms with Crippen LogP contribution in [0, 0.1) is 0 Å². The van der Waals surface area contributed by atoms with Gasteiger partial charge in [0.25, 0.3) is 0 Å². The van der Waals surface area contributed by atoms with Gasteiger partial charge in [0.1, 0.15) is 13.2 Å². The molecule has 0 atom stereocenters. The zero-order valence-electron chi connectivity index (χ0n) is 6.92. The largest absolute Gasteiger partial charge is 0.371 e. The van der Waals surface area contributed by atoms with Crippen LogP contribution in [0.25, 0.3) is 0 Å². The molecule has 13 heavy (non-hydrogen) atoms. The first kappa shape index (κ1) is 12.6. The highest BCUT2D eigenvalue weighted by molar-refractivity contribution is 4.40. The molecule has 0 fully saturated rings. The molecule has 0 aliphatic rings. The highest BCUT2D eigenvalue weighted by Crippen LogP contribution is 1.92. The maximum Gasteiger partial charge on any atom is 0.219 e. The van der Waals surface area contributed by atoms with Crippen molar-refractivity contribution >= 4 is 0 Å². The Kier molecular flexibility index (Phi) is 8.02. The molecule has 0 saturated heterocycles. The summed E-state index contributed by atoms with van der Waals surface area (Å²) >= 11 is 0.